The molecule has 4 rings (SSSR count). The van der Waals surface area contributed by atoms with Gasteiger partial charge < -0.3 is 20.7 Å². The molecule has 0 bridgehead atoms. The number of amides is 2. The zero-order valence-corrected chi connectivity index (χ0v) is 17.5. The number of hydrogen-bond acceptors (Lipinski definition) is 2. The quantitative estimate of drug-likeness (QED) is 0.700. The summed E-state index contributed by atoms with van der Waals surface area (Å²) in [6, 6.07) is 6.02. The number of nitrogens with one attached hydrogen (secondary N) is 1. The highest BCUT2D eigenvalue weighted by molar-refractivity contribution is 5.72. The largest absolute Gasteiger partial charge is 0.481 e. The molecule has 1 aliphatic heterocycles. The minimum atomic E-state index is -0.754. The number of aliphatic carboxylic acids is 1. The number of aryl methyl sites for hydroxylation is 1. The zero-order chi connectivity index (χ0) is 21.7. The van der Waals surface area contributed by atoms with Crippen molar-refractivity contribution in [3.05, 3.63) is 70.1 Å². The van der Waals surface area contributed by atoms with Gasteiger partial charge in [-0.1, -0.05) is 48.9 Å². The predicted molar refractivity (Wildman–Crippen MR) is 119 cm³/mol. The Hall–Kier alpha value is -3.28. The van der Waals surface area contributed by atoms with Crippen LogP contribution in [0.25, 0.3) is 12.2 Å². The minimum Gasteiger partial charge on any atom is -0.481 e. The van der Waals surface area contributed by atoms with Gasteiger partial charge in [0, 0.05) is 30.5 Å². The molecular weight excluding hydrogens is 378 g/mol. The Morgan fingerprint density at radius 1 is 1.23 bits per heavy atom. The number of carboxylic acid groups (broad SMARTS) is 1. The summed E-state index contributed by atoms with van der Waals surface area (Å²) >= 11 is 0. The number of H-pyrrole nitrogens is 1. The smallest absolute Gasteiger partial charge is 0.315 e. The first-order valence-electron chi connectivity index (χ1n) is 10.2. The molecule has 0 fully saturated rings. The fraction of sp³-hybridized carbons (Fsp3) is 0.333. The molecule has 1 aromatic heterocycles. The molecule has 0 saturated heterocycles. The Morgan fingerprint density at radius 3 is 2.73 bits per heavy atom. The zero-order valence-electron chi connectivity index (χ0n) is 17.5. The van der Waals surface area contributed by atoms with Gasteiger partial charge in [-0.2, -0.15) is 0 Å². The van der Waals surface area contributed by atoms with Crippen LogP contribution < -0.4 is 5.73 Å². The molecule has 1 atom stereocenters. The van der Waals surface area contributed by atoms with Crippen LogP contribution in [-0.4, -0.2) is 33.5 Å². The van der Waals surface area contributed by atoms with E-state index in [1.165, 1.54) is 16.7 Å². The van der Waals surface area contributed by atoms with E-state index < -0.39 is 5.97 Å². The van der Waals surface area contributed by atoms with Gasteiger partial charge in [-0.15, -0.1) is 0 Å². The van der Waals surface area contributed by atoms with Crippen LogP contribution in [0.4, 0.5) is 4.79 Å². The van der Waals surface area contributed by atoms with E-state index in [0.29, 0.717) is 6.54 Å². The Balaban J connectivity index is 0.000000172. The molecular formula is C24H29N3O3. The van der Waals surface area contributed by atoms with Gasteiger partial charge >= 0.3 is 12.0 Å². The number of benzene rings is 1. The maximum Gasteiger partial charge on any atom is 0.315 e. The molecule has 2 heterocycles. The highest BCUT2D eigenvalue weighted by atomic mass is 16.4. The van der Waals surface area contributed by atoms with Crippen LogP contribution >= 0.6 is 0 Å². The fourth-order valence-corrected chi connectivity index (χ4v) is 3.89. The number of fused-ring (bicyclic) bond motifs is 2. The maximum absolute atomic E-state index is 11.0. The van der Waals surface area contributed by atoms with Crippen molar-refractivity contribution >= 4 is 24.2 Å². The van der Waals surface area contributed by atoms with Gasteiger partial charge in [0.1, 0.15) is 0 Å². The highest BCUT2D eigenvalue weighted by Gasteiger charge is 2.18. The molecule has 158 valence electrons. The van der Waals surface area contributed by atoms with Crippen LogP contribution in [0.2, 0.25) is 0 Å². The first kappa shape index (κ1) is 21.4. The lowest BCUT2D eigenvalue weighted by atomic mass is 9.95. The van der Waals surface area contributed by atoms with E-state index in [9.17, 15) is 9.59 Å². The molecule has 2 amide bonds. The molecule has 2 aromatic rings. The lowest BCUT2D eigenvalue weighted by Gasteiger charge is -2.27. The van der Waals surface area contributed by atoms with E-state index in [2.05, 4.69) is 48.3 Å². The topological polar surface area (TPSA) is 99.4 Å². The van der Waals surface area contributed by atoms with E-state index >= 15 is 0 Å². The van der Waals surface area contributed by atoms with Crippen molar-refractivity contribution in [1.82, 2.24) is 9.88 Å². The maximum atomic E-state index is 11.0. The van der Waals surface area contributed by atoms with E-state index in [1.807, 2.05) is 19.2 Å². The summed E-state index contributed by atoms with van der Waals surface area (Å²) in [5.41, 5.74) is 12.4. The molecule has 0 unspecified atom stereocenters. The first-order valence-corrected chi connectivity index (χ1v) is 10.2. The van der Waals surface area contributed by atoms with Gasteiger partial charge in [0.15, 0.2) is 0 Å². The standard InChI is InChI=1S/C13H15NO2.C11H14N2O/c1-9(7-13(15)16)11-8-14-12-6-4-2-3-5-10(11)12;1-8-2-3-10-7-13(11(12)14)5-4-9(10)6-8/h3-6,8-9,14H,2,7H2,1H3,(H,15,16);2-3,6H,4-5,7H2,1H3,(H2,12,14)/t9-;/m1./s1. The molecule has 2 aliphatic rings. The summed E-state index contributed by atoms with van der Waals surface area (Å²) in [5.74, 6) is -0.718. The van der Waals surface area contributed by atoms with Crippen LogP contribution in [0.15, 0.2) is 36.5 Å². The third-order valence-corrected chi connectivity index (χ3v) is 5.52. The van der Waals surface area contributed by atoms with Gasteiger partial charge in [-0.25, -0.2) is 4.79 Å². The van der Waals surface area contributed by atoms with Gasteiger partial charge in [0.05, 0.1) is 6.42 Å². The number of hydrogen-bond donors (Lipinski definition) is 3. The van der Waals surface area contributed by atoms with Crippen LogP contribution in [0.5, 0.6) is 0 Å². The number of rotatable bonds is 3. The van der Waals surface area contributed by atoms with Crippen molar-refractivity contribution in [3.63, 3.8) is 0 Å². The molecule has 1 aliphatic carbocycles. The predicted octanol–water partition coefficient (Wildman–Crippen LogP) is 4.45. The molecule has 4 N–H and O–H groups in total. The van der Waals surface area contributed by atoms with Crippen LogP contribution in [-0.2, 0) is 17.8 Å². The molecule has 6 heteroatoms. The molecule has 0 radical (unpaired) electrons. The van der Waals surface area contributed by atoms with Crippen molar-refractivity contribution in [3.8, 4) is 0 Å². The number of primary amides is 1. The second-order valence-corrected chi connectivity index (χ2v) is 7.89. The highest BCUT2D eigenvalue weighted by Crippen LogP contribution is 2.28. The van der Waals surface area contributed by atoms with Crippen molar-refractivity contribution in [2.24, 2.45) is 5.73 Å². The molecule has 30 heavy (non-hydrogen) atoms. The number of carbonyl (C=O) groups is 2. The SMILES string of the molecule is C[C@H](CC(=O)O)c1c[nH]c2c1C=CCC=C2.Cc1ccc2c(c1)CCN(C(N)=O)C2. The normalized spacial score (nSPS) is 15.3. The number of carbonyl (C=O) groups excluding carboxylic acids is 1. The third-order valence-electron chi connectivity index (χ3n) is 5.52. The van der Waals surface area contributed by atoms with Gasteiger partial charge in [0.25, 0.3) is 0 Å². The minimum absolute atomic E-state index is 0.0358. The van der Waals surface area contributed by atoms with E-state index in [0.717, 1.165) is 36.2 Å². The molecule has 1 aromatic carbocycles. The van der Waals surface area contributed by atoms with Gasteiger partial charge in [-0.05, 0) is 48.4 Å². The van der Waals surface area contributed by atoms with Crippen molar-refractivity contribution in [2.75, 3.05) is 6.54 Å². The Labute approximate surface area is 177 Å². The van der Waals surface area contributed by atoms with Crippen molar-refractivity contribution < 1.29 is 14.7 Å². The summed E-state index contributed by atoms with van der Waals surface area (Å²) in [6.07, 6.45) is 12.2. The van der Waals surface area contributed by atoms with Crippen LogP contribution in [0, 0.1) is 6.92 Å². The number of nitrogens with two attached hydrogens (primary N) is 1. The number of allylic oxidation sites excluding steroid dienone is 2. The Bertz CT molecular complexity index is 988. The van der Waals surface area contributed by atoms with Crippen molar-refractivity contribution in [2.45, 2.75) is 45.6 Å². The number of urea groups is 1. The lowest BCUT2D eigenvalue weighted by Crippen LogP contribution is -2.39. The summed E-state index contributed by atoms with van der Waals surface area (Å²) in [5, 5.41) is 8.80. The van der Waals surface area contributed by atoms with Crippen LogP contribution in [0.1, 0.15) is 59.2 Å². The summed E-state index contributed by atoms with van der Waals surface area (Å²) in [4.78, 5) is 26.5. The average Bonchev–Trinajstić information content (AvgIpc) is 2.96. The fourth-order valence-electron chi connectivity index (χ4n) is 3.89. The third kappa shape index (κ3) is 5.20. The lowest BCUT2D eigenvalue weighted by molar-refractivity contribution is -0.137. The number of carboxylic acids is 1. The Morgan fingerprint density at radius 2 is 2.00 bits per heavy atom. The van der Waals surface area contributed by atoms with Gasteiger partial charge in [0.2, 0.25) is 0 Å². The molecule has 0 saturated carbocycles. The number of nitrogens with zero attached hydrogens (tertiary/aromatic N) is 1. The van der Waals surface area contributed by atoms with Gasteiger partial charge in [-0.3, -0.25) is 4.79 Å². The van der Waals surface area contributed by atoms with Crippen molar-refractivity contribution in [1.29, 1.82) is 0 Å². The van der Waals surface area contributed by atoms with E-state index in [1.54, 1.807) is 4.90 Å². The first-order chi connectivity index (χ1) is 14.3. The number of aromatic amines is 1. The summed E-state index contributed by atoms with van der Waals surface area (Å²) in [7, 11) is 0. The second-order valence-electron chi connectivity index (χ2n) is 7.89. The van der Waals surface area contributed by atoms with E-state index in [-0.39, 0.29) is 18.4 Å². The molecule has 6 nitrogen and oxygen atoms in total. The number of aromatic nitrogens is 1. The summed E-state index contributed by atoms with van der Waals surface area (Å²) in [6.45, 7) is 5.43. The summed E-state index contributed by atoms with van der Waals surface area (Å²) < 4.78 is 0. The molecule has 0 spiro atoms. The second kappa shape index (κ2) is 9.48. The monoisotopic (exact) mass is 407 g/mol. The average molecular weight is 408 g/mol. The van der Waals surface area contributed by atoms with Crippen LogP contribution in [0.3, 0.4) is 0 Å². The van der Waals surface area contributed by atoms with E-state index in [4.69, 9.17) is 10.8 Å². The Kier molecular flexibility index (Phi) is 6.77.